The normalized spacial score (nSPS) is 24.4. The van der Waals surface area contributed by atoms with Gasteiger partial charge in [-0.1, -0.05) is 25.1 Å². The second-order valence-electron chi connectivity index (χ2n) is 6.89. The molecule has 1 saturated heterocycles. The molecule has 0 bridgehead atoms. The van der Waals surface area contributed by atoms with Crippen LogP contribution in [0.25, 0.3) is 11.2 Å². The molecule has 1 aromatic carbocycles. The first-order valence-electron chi connectivity index (χ1n) is 9.65. The fourth-order valence-electron chi connectivity index (χ4n) is 3.67. The summed E-state index contributed by atoms with van der Waals surface area (Å²) in [5.74, 6) is -0.0700. The number of rotatable bonds is 7. The molecule has 164 valence electrons. The number of ether oxygens (including phenoxy) is 2. The molecular formula is C19H22N5O6P. The van der Waals surface area contributed by atoms with Crippen molar-refractivity contribution in [2.75, 3.05) is 12.4 Å². The first-order chi connectivity index (χ1) is 15.0. The number of imidazole rings is 1. The lowest BCUT2D eigenvalue weighted by Crippen LogP contribution is -2.34. The van der Waals surface area contributed by atoms with Crippen LogP contribution in [0.3, 0.4) is 0 Å². The van der Waals surface area contributed by atoms with Crippen molar-refractivity contribution in [3.05, 3.63) is 48.5 Å². The van der Waals surface area contributed by atoms with E-state index in [9.17, 15) is 14.3 Å². The highest BCUT2D eigenvalue weighted by atomic mass is 31.1. The van der Waals surface area contributed by atoms with Gasteiger partial charge in [0.25, 0.3) is 5.91 Å². The lowest BCUT2D eigenvalue weighted by Gasteiger charge is -2.22. The van der Waals surface area contributed by atoms with E-state index in [1.54, 1.807) is 28.8 Å². The highest BCUT2D eigenvalue weighted by Crippen LogP contribution is 2.39. The molecule has 31 heavy (non-hydrogen) atoms. The number of benzene rings is 1. The van der Waals surface area contributed by atoms with Crippen molar-refractivity contribution in [2.45, 2.75) is 37.9 Å². The van der Waals surface area contributed by atoms with Gasteiger partial charge >= 0.3 is 8.25 Å². The Morgan fingerprint density at radius 1 is 1.26 bits per heavy atom. The van der Waals surface area contributed by atoms with Gasteiger partial charge in [0, 0.05) is 12.7 Å². The van der Waals surface area contributed by atoms with Gasteiger partial charge in [0.1, 0.15) is 18.5 Å². The van der Waals surface area contributed by atoms with E-state index in [4.69, 9.17) is 14.0 Å². The second-order valence-corrected chi connectivity index (χ2v) is 7.66. The summed E-state index contributed by atoms with van der Waals surface area (Å²) in [6.45, 7) is 1.89. The number of nitrogens with zero attached hydrogens (tertiary/aromatic N) is 4. The van der Waals surface area contributed by atoms with Crippen molar-refractivity contribution in [1.29, 1.82) is 0 Å². The van der Waals surface area contributed by atoms with Crippen LogP contribution in [0, 0.1) is 0 Å². The van der Waals surface area contributed by atoms with E-state index in [2.05, 4.69) is 20.3 Å². The summed E-state index contributed by atoms with van der Waals surface area (Å²) in [6.07, 6.45) is 0.831. The van der Waals surface area contributed by atoms with E-state index in [0.29, 0.717) is 23.1 Å². The number of carbonyl (C=O) groups excluding carboxylic acids is 1. The van der Waals surface area contributed by atoms with Gasteiger partial charge in [-0.25, -0.2) is 15.0 Å². The maximum absolute atomic E-state index is 12.5. The van der Waals surface area contributed by atoms with E-state index >= 15 is 0 Å². The summed E-state index contributed by atoms with van der Waals surface area (Å²) in [6, 6.07) is 8.75. The lowest BCUT2D eigenvalue weighted by atomic mass is 10.1. The Labute approximate surface area is 178 Å². The standard InChI is InChI=1S/C19H22N5O6P/c1-3-12-14(30-31(26)27)15(28-2)19(29-12)24-10-22-13-16(20-9-21-17(13)24)23-18(25)11-7-5-4-6-8-11/h4-10,12,14-15,19,31H,3H2,1-2H3,(H,26,27)(H,20,21,23,25). The highest BCUT2D eigenvalue weighted by molar-refractivity contribution is 7.32. The average Bonchev–Trinajstić information content (AvgIpc) is 3.35. The minimum absolute atomic E-state index is 0.254. The Morgan fingerprint density at radius 3 is 2.71 bits per heavy atom. The summed E-state index contributed by atoms with van der Waals surface area (Å²) in [5, 5.41) is 2.75. The van der Waals surface area contributed by atoms with E-state index in [1.807, 2.05) is 13.0 Å². The zero-order valence-corrected chi connectivity index (χ0v) is 17.8. The molecule has 11 nitrogen and oxygen atoms in total. The lowest BCUT2D eigenvalue weighted by molar-refractivity contribution is -0.0492. The van der Waals surface area contributed by atoms with Crippen LogP contribution in [0.4, 0.5) is 5.82 Å². The van der Waals surface area contributed by atoms with Gasteiger partial charge < -0.3 is 24.2 Å². The van der Waals surface area contributed by atoms with Gasteiger partial charge in [-0.3, -0.25) is 13.9 Å². The zero-order valence-electron chi connectivity index (χ0n) is 16.8. The maximum atomic E-state index is 12.5. The van der Waals surface area contributed by atoms with Crippen LogP contribution in [-0.4, -0.2) is 55.7 Å². The van der Waals surface area contributed by atoms with E-state index < -0.39 is 32.8 Å². The van der Waals surface area contributed by atoms with Crippen LogP contribution in [0.1, 0.15) is 29.9 Å². The molecule has 0 radical (unpaired) electrons. The molecular weight excluding hydrogens is 425 g/mol. The van der Waals surface area contributed by atoms with Crippen LogP contribution in [-0.2, 0) is 18.6 Å². The summed E-state index contributed by atoms with van der Waals surface area (Å²) >= 11 is 0. The number of fused-ring (bicyclic) bond motifs is 1. The van der Waals surface area contributed by atoms with Crippen LogP contribution in [0.2, 0.25) is 0 Å². The molecule has 0 saturated carbocycles. The fourth-order valence-corrected chi connectivity index (χ4v) is 4.19. The molecule has 3 heterocycles. The molecule has 5 atom stereocenters. The van der Waals surface area contributed by atoms with Gasteiger partial charge in [-0.05, 0) is 18.6 Å². The van der Waals surface area contributed by atoms with Gasteiger partial charge in [0.05, 0.1) is 12.4 Å². The smallest absolute Gasteiger partial charge is 0.317 e. The molecule has 1 amide bonds. The monoisotopic (exact) mass is 447 g/mol. The third kappa shape index (κ3) is 4.23. The van der Waals surface area contributed by atoms with E-state index in [1.165, 1.54) is 19.8 Å². The van der Waals surface area contributed by atoms with Gasteiger partial charge in [-0.15, -0.1) is 0 Å². The summed E-state index contributed by atoms with van der Waals surface area (Å²) in [5.41, 5.74) is 1.27. The first kappa shape index (κ1) is 21.5. The van der Waals surface area contributed by atoms with Crippen LogP contribution < -0.4 is 5.32 Å². The molecule has 1 fully saturated rings. The number of amides is 1. The summed E-state index contributed by atoms with van der Waals surface area (Å²) < 4.78 is 29.8. The number of anilines is 1. The third-order valence-electron chi connectivity index (χ3n) is 5.10. The molecule has 3 aromatic rings. The SMILES string of the molecule is CCC1OC(n2cnc3c(NC(=O)c4ccccc4)ncnc32)C(OC)C1O[PH](=O)O. The van der Waals surface area contributed by atoms with Crippen LogP contribution >= 0.6 is 8.25 Å². The number of carbonyl (C=O) groups is 1. The minimum atomic E-state index is -3.19. The number of hydrogen-bond acceptors (Lipinski definition) is 8. The predicted molar refractivity (Wildman–Crippen MR) is 111 cm³/mol. The number of aromatic nitrogens is 4. The Kier molecular flexibility index (Phi) is 6.40. The van der Waals surface area contributed by atoms with Crippen molar-refractivity contribution < 1.29 is 28.3 Å². The number of methoxy groups -OCH3 is 1. The Balaban J connectivity index is 1.66. The van der Waals surface area contributed by atoms with Gasteiger partial charge in [-0.2, -0.15) is 0 Å². The predicted octanol–water partition coefficient (Wildman–Crippen LogP) is 2.17. The molecule has 12 heteroatoms. The number of hydrogen-bond donors (Lipinski definition) is 2. The summed E-state index contributed by atoms with van der Waals surface area (Å²) in [7, 11) is -1.71. The quantitative estimate of drug-likeness (QED) is 0.522. The largest absolute Gasteiger partial charge is 0.374 e. The third-order valence-corrected chi connectivity index (χ3v) is 5.57. The van der Waals surface area contributed by atoms with Crippen molar-refractivity contribution in [3.63, 3.8) is 0 Å². The van der Waals surface area contributed by atoms with Crippen molar-refractivity contribution >= 4 is 31.1 Å². The average molecular weight is 447 g/mol. The Hall–Kier alpha value is -2.69. The Morgan fingerprint density at radius 2 is 2.03 bits per heavy atom. The van der Waals surface area contributed by atoms with Crippen LogP contribution in [0.15, 0.2) is 43.0 Å². The van der Waals surface area contributed by atoms with E-state index in [0.717, 1.165) is 0 Å². The van der Waals surface area contributed by atoms with Gasteiger partial charge in [0.2, 0.25) is 0 Å². The molecule has 4 rings (SSSR count). The number of nitrogens with one attached hydrogen (secondary N) is 1. The molecule has 0 aliphatic carbocycles. The second kappa shape index (κ2) is 9.21. The first-order valence-corrected chi connectivity index (χ1v) is 10.9. The molecule has 1 aliphatic rings. The zero-order chi connectivity index (χ0) is 22.0. The Bertz CT molecular complexity index is 1090. The molecule has 2 N–H and O–H groups in total. The van der Waals surface area contributed by atoms with Crippen molar-refractivity contribution in [2.24, 2.45) is 0 Å². The summed E-state index contributed by atoms with van der Waals surface area (Å²) in [4.78, 5) is 34.6. The molecule has 2 aromatic heterocycles. The molecule has 5 unspecified atom stereocenters. The maximum Gasteiger partial charge on any atom is 0.317 e. The van der Waals surface area contributed by atoms with Crippen molar-refractivity contribution in [1.82, 2.24) is 19.5 Å². The van der Waals surface area contributed by atoms with Crippen LogP contribution in [0.5, 0.6) is 0 Å². The minimum Gasteiger partial charge on any atom is -0.374 e. The molecule has 0 spiro atoms. The highest BCUT2D eigenvalue weighted by Gasteiger charge is 2.47. The van der Waals surface area contributed by atoms with E-state index in [-0.39, 0.29) is 11.7 Å². The van der Waals surface area contributed by atoms with Gasteiger partial charge in [0.15, 0.2) is 23.2 Å². The fraction of sp³-hybridized carbons (Fsp3) is 0.368. The topological polar surface area (TPSA) is 138 Å². The molecule has 1 aliphatic heterocycles. The van der Waals surface area contributed by atoms with Crippen molar-refractivity contribution in [3.8, 4) is 0 Å².